The quantitative estimate of drug-likeness (QED) is 0.793. The Kier molecular flexibility index (Phi) is 6.60. The number of anilines is 1. The second kappa shape index (κ2) is 8.00. The van der Waals surface area contributed by atoms with Crippen molar-refractivity contribution in [3.8, 4) is 5.75 Å². The molecule has 0 saturated carbocycles. The van der Waals surface area contributed by atoms with Crippen LogP contribution in [-0.4, -0.2) is 31.1 Å². The first-order valence-corrected chi connectivity index (χ1v) is 7.03. The molecule has 1 unspecified atom stereocenters. The molecule has 0 spiro atoms. The van der Waals surface area contributed by atoms with Gasteiger partial charge in [-0.05, 0) is 42.5 Å². The maximum atomic E-state index is 11.6. The van der Waals surface area contributed by atoms with Gasteiger partial charge in [0, 0.05) is 5.69 Å². The van der Waals surface area contributed by atoms with E-state index >= 15 is 0 Å². The molecule has 0 aliphatic rings. The third-order valence-electron chi connectivity index (χ3n) is 2.41. The van der Waals surface area contributed by atoms with Crippen LogP contribution in [0.25, 0.3) is 0 Å². The number of hydrogen-bond acceptors (Lipinski definition) is 4. The number of amides is 1. The maximum Gasteiger partial charge on any atom is 0.234 e. The number of ether oxygens (including phenoxy) is 1. The largest absolute Gasteiger partial charge is 0.497 e. The number of hydrogen-bond donors (Lipinski definition) is 2. The van der Waals surface area contributed by atoms with Crippen molar-refractivity contribution in [1.82, 2.24) is 0 Å². The summed E-state index contributed by atoms with van der Waals surface area (Å²) >= 11 is 1.60. The molecule has 0 heterocycles. The summed E-state index contributed by atoms with van der Waals surface area (Å²) in [4.78, 5) is 11.6. The van der Waals surface area contributed by atoms with Crippen molar-refractivity contribution in [2.75, 3.05) is 30.5 Å². The summed E-state index contributed by atoms with van der Waals surface area (Å²) in [6.07, 6.45) is 0. The third-order valence-corrected chi connectivity index (χ3v) is 3.68. The molecule has 1 aromatic rings. The number of carbonyl (C=O) groups is 1. The topological polar surface area (TPSA) is 64.3 Å². The number of nitrogens with one attached hydrogen (secondary N) is 1. The van der Waals surface area contributed by atoms with Crippen LogP contribution in [0.3, 0.4) is 0 Å². The van der Waals surface area contributed by atoms with Gasteiger partial charge in [-0.25, -0.2) is 0 Å². The standard InChI is InChI=1S/C13H20N2O2S/c1-10(7-14)8-18-9-13(16)15-11-3-5-12(17-2)6-4-11/h3-6,10H,7-9,14H2,1-2H3,(H,15,16). The van der Waals surface area contributed by atoms with Crippen LogP contribution in [0, 0.1) is 5.92 Å². The van der Waals surface area contributed by atoms with Crippen molar-refractivity contribution in [3.63, 3.8) is 0 Å². The molecule has 0 radical (unpaired) electrons. The monoisotopic (exact) mass is 268 g/mol. The van der Waals surface area contributed by atoms with E-state index in [4.69, 9.17) is 10.5 Å². The third kappa shape index (κ3) is 5.42. The van der Waals surface area contributed by atoms with Crippen molar-refractivity contribution < 1.29 is 9.53 Å². The fourth-order valence-electron chi connectivity index (χ4n) is 1.29. The fourth-order valence-corrected chi connectivity index (χ4v) is 2.21. The SMILES string of the molecule is COc1ccc(NC(=O)CSCC(C)CN)cc1. The Morgan fingerprint density at radius 2 is 2.11 bits per heavy atom. The van der Waals surface area contributed by atoms with E-state index in [-0.39, 0.29) is 5.91 Å². The van der Waals surface area contributed by atoms with Crippen molar-refractivity contribution in [1.29, 1.82) is 0 Å². The van der Waals surface area contributed by atoms with Crippen LogP contribution in [0.4, 0.5) is 5.69 Å². The minimum atomic E-state index is 0.00869. The lowest BCUT2D eigenvalue weighted by molar-refractivity contribution is -0.113. The van der Waals surface area contributed by atoms with Gasteiger partial charge in [-0.2, -0.15) is 11.8 Å². The highest BCUT2D eigenvalue weighted by Crippen LogP contribution is 2.15. The van der Waals surface area contributed by atoms with E-state index in [2.05, 4.69) is 12.2 Å². The number of rotatable bonds is 7. The highest BCUT2D eigenvalue weighted by molar-refractivity contribution is 7.99. The van der Waals surface area contributed by atoms with Crippen LogP contribution in [0.15, 0.2) is 24.3 Å². The Bertz CT molecular complexity index is 368. The minimum Gasteiger partial charge on any atom is -0.497 e. The van der Waals surface area contributed by atoms with E-state index < -0.39 is 0 Å². The molecular weight excluding hydrogens is 248 g/mol. The van der Waals surface area contributed by atoms with Gasteiger partial charge < -0.3 is 15.8 Å². The molecule has 0 aliphatic carbocycles. The van der Waals surface area contributed by atoms with E-state index in [1.807, 2.05) is 24.3 Å². The second-order valence-corrected chi connectivity index (χ2v) is 5.16. The number of thioether (sulfide) groups is 1. The predicted octanol–water partition coefficient (Wildman–Crippen LogP) is 1.96. The Morgan fingerprint density at radius 1 is 1.44 bits per heavy atom. The van der Waals surface area contributed by atoms with Crippen LogP contribution in [-0.2, 0) is 4.79 Å². The molecule has 0 aliphatic heterocycles. The summed E-state index contributed by atoms with van der Waals surface area (Å²) in [5.41, 5.74) is 6.30. The summed E-state index contributed by atoms with van der Waals surface area (Å²) in [7, 11) is 1.61. The number of nitrogens with two attached hydrogens (primary N) is 1. The molecule has 1 atom stereocenters. The van der Waals surface area contributed by atoms with Gasteiger partial charge in [-0.1, -0.05) is 6.92 Å². The molecule has 1 aromatic carbocycles. The molecule has 18 heavy (non-hydrogen) atoms. The average molecular weight is 268 g/mol. The molecule has 100 valence electrons. The molecule has 5 heteroatoms. The molecule has 4 nitrogen and oxygen atoms in total. The molecule has 3 N–H and O–H groups in total. The Hall–Kier alpha value is -1.20. The zero-order valence-corrected chi connectivity index (χ0v) is 11.6. The molecule has 1 amide bonds. The van der Waals surface area contributed by atoms with Gasteiger partial charge in [0.2, 0.25) is 5.91 Å². The second-order valence-electron chi connectivity index (χ2n) is 4.13. The average Bonchev–Trinajstić information content (AvgIpc) is 2.39. The minimum absolute atomic E-state index is 0.00869. The predicted molar refractivity (Wildman–Crippen MR) is 77.2 cm³/mol. The Balaban J connectivity index is 2.30. The van der Waals surface area contributed by atoms with Crippen LogP contribution in [0.5, 0.6) is 5.75 Å². The lowest BCUT2D eigenvalue weighted by Gasteiger charge is -2.08. The molecule has 0 aromatic heterocycles. The summed E-state index contributed by atoms with van der Waals surface area (Å²) in [6, 6.07) is 7.28. The van der Waals surface area contributed by atoms with Crippen LogP contribution in [0.1, 0.15) is 6.92 Å². The van der Waals surface area contributed by atoms with Crippen molar-refractivity contribution in [3.05, 3.63) is 24.3 Å². The molecule has 0 fully saturated rings. The zero-order chi connectivity index (χ0) is 13.4. The number of methoxy groups -OCH3 is 1. The molecular formula is C13H20N2O2S. The van der Waals surface area contributed by atoms with Gasteiger partial charge in [-0.15, -0.1) is 0 Å². The first-order chi connectivity index (χ1) is 8.65. The van der Waals surface area contributed by atoms with Crippen LogP contribution < -0.4 is 15.8 Å². The molecule has 0 saturated heterocycles. The normalized spacial score (nSPS) is 11.9. The first-order valence-electron chi connectivity index (χ1n) is 5.87. The molecule has 0 bridgehead atoms. The highest BCUT2D eigenvalue weighted by Gasteiger charge is 2.05. The fraction of sp³-hybridized carbons (Fsp3) is 0.462. The summed E-state index contributed by atoms with van der Waals surface area (Å²) in [5.74, 6) is 2.60. The van der Waals surface area contributed by atoms with Gasteiger partial charge in [0.05, 0.1) is 12.9 Å². The van der Waals surface area contributed by atoms with E-state index in [0.29, 0.717) is 18.2 Å². The van der Waals surface area contributed by atoms with Gasteiger partial charge in [-0.3, -0.25) is 4.79 Å². The van der Waals surface area contributed by atoms with Gasteiger partial charge >= 0.3 is 0 Å². The lowest BCUT2D eigenvalue weighted by atomic mass is 10.2. The number of benzene rings is 1. The van der Waals surface area contributed by atoms with Gasteiger partial charge in [0.25, 0.3) is 0 Å². The van der Waals surface area contributed by atoms with E-state index in [9.17, 15) is 4.79 Å². The first kappa shape index (κ1) is 14.9. The van der Waals surface area contributed by atoms with Crippen molar-refractivity contribution >= 4 is 23.4 Å². The van der Waals surface area contributed by atoms with Crippen molar-refractivity contribution in [2.24, 2.45) is 11.7 Å². The summed E-state index contributed by atoms with van der Waals surface area (Å²) in [6.45, 7) is 2.74. The highest BCUT2D eigenvalue weighted by atomic mass is 32.2. The smallest absolute Gasteiger partial charge is 0.234 e. The van der Waals surface area contributed by atoms with E-state index in [0.717, 1.165) is 17.2 Å². The van der Waals surface area contributed by atoms with Crippen LogP contribution >= 0.6 is 11.8 Å². The summed E-state index contributed by atoms with van der Waals surface area (Å²) < 4.78 is 5.05. The Morgan fingerprint density at radius 3 is 2.67 bits per heavy atom. The van der Waals surface area contributed by atoms with Gasteiger partial charge in [0.15, 0.2) is 0 Å². The van der Waals surface area contributed by atoms with E-state index in [1.165, 1.54) is 0 Å². The van der Waals surface area contributed by atoms with E-state index in [1.54, 1.807) is 18.9 Å². The maximum absolute atomic E-state index is 11.6. The Labute approximate surface area is 112 Å². The zero-order valence-electron chi connectivity index (χ0n) is 10.8. The van der Waals surface area contributed by atoms with Gasteiger partial charge in [0.1, 0.15) is 5.75 Å². The lowest BCUT2D eigenvalue weighted by Crippen LogP contribution is -2.17. The number of carbonyl (C=O) groups excluding carboxylic acids is 1. The molecule has 1 rings (SSSR count). The van der Waals surface area contributed by atoms with Crippen molar-refractivity contribution in [2.45, 2.75) is 6.92 Å². The summed E-state index contributed by atoms with van der Waals surface area (Å²) in [5, 5.41) is 2.84. The van der Waals surface area contributed by atoms with Crippen LogP contribution in [0.2, 0.25) is 0 Å².